The Morgan fingerprint density at radius 1 is 1.35 bits per heavy atom. The fourth-order valence-electron chi connectivity index (χ4n) is 4.32. The van der Waals surface area contributed by atoms with Crippen LogP contribution in [0.15, 0.2) is 15.7 Å². The van der Waals surface area contributed by atoms with Gasteiger partial charge in [-0.15, -0.1) is 0 Å². The molecule has 2 heterocycles. The Morgan fingerprint density at radius 3 is 2.68 bits per heavy atom. The average molecular weight is 435 g/mol. The van der Waals surface area contributed by atoms with Crippen LogP contribution in [0.25, 0.3) is 10.9 Å². The van der Waals surface area contributed by atoms with E-state index in [4.69, 9.17) is 22.0 Å². The maximum absolute atomic E-state index is 15.3. The van der Waals surface area contributed by atoms with Crippen molar-refractivity contribution in [3.05, 3.63) is 32.7 Å². The van der Waals surface area contributed by atoms with E-state index in [0.717, 1.165) is 18.9 Å². The number of halogens is 1. The third-order valence-electron chi connectivity index (χ3n) is 6.06. The van der Waals surface area contributed by atoms with Crippen molar-refractivity contribution in [2.75, 3.05) is 37.5 Å². The number of hydrogen-bond acceptors (Lipinski definition) is 7. The van der Waals surface area contributed by atoms with Crippen molar-refractivity contribution >= 4 is 22.6 Å². The normalized spacial score (nSPS) is 19.6. The number of carbonyl (C=O) groups is 1. The maximum Gasteiger partial charge on any atom is 0.350 e. The highest BCUT2D eigenvalue weighted by Crippen LogP contribution is 2.43. The van der Waals surface area contributed by atoms with Crippen LogP contribution in [-0.2, 0) is 0 Å². The monoisotopic (exact) mass is 435 g/mol. The fourth-order valence-corrected chi connectivity index (χ4v) is 4.32. The molecule has 0 bridgehead atoms. The second-order valence-electron chi connectivity index (χ2n) is 8.10. The van der Waals surface area contributed by atoms with E-state index >= 15 is 4.39 Å². The van der Waals surface area contributed by atoms with Crippen LogP contribution in [0.2, 0.25) is 0 Å². The highest BCUT2D eigenvalue weighted by molar-refractivity contribution is 5.91. The molecule has 2 unspecified atom stereocenters. The molecule has 1 aromatic carbocycles. The van der Waals surface area contributed by atoms with Gasteiger partial charge in [0.2, 0.25) is 0 Å². The summed E-state index contributed by atoms with van der Waals surface area (Å²) in [5, 5.41) is 2.48. The van der Waals surface area contributed by atoms with E-state index in [1.54, 1.807) is 4.90 Å². The first-order chi connectivity index (χ1) is 14.7. The summed E-state index contributed by atoms with van der Waals surface area (Å²) < 4.78 is 22.8. The summed E-state index contributed by atoms with van der Waals surface area (Å²) in [5.74, 6) is 5.12. The van der Waals surface area contributed by atoms with Crippen LogP contribution in [0.1, 0.15) is 25.3 Å². The number of rotatable bonds is 6. The van der Waals surface area contributed by atoms with Gasteiger partial charge in [0.05, 0.1) is 12.5 Å². The number of aromatic nitrogens is 2. The number of anilines is 1. The van der Waals surface area contributed by atoms with E-state index in [9.17, 15) is 14.4 Å². The van der Waals surface area contributed by atoms with Crippen molar-refractivity contribution in [1.29, 1.82) is 0 Å². The number of hydrogen-bond donors (Lipinski definition) is 4. The predicted molar refractivity (Wildman–Crippen MR) is 113 cm³/mol. The molecule has 4 rings (SSSR count). The summed E-state index contributed by atoms with van der Waals surface area (Å²) >= 11 is 0. The summed E-state index contributed by atoms with van der Waals surface area (Å²) in [6.07, 6.45) is 2.19. The van der Waals surface area contributed by atoms with Gasteiger partial charge in [0.25, 0.3) is 5.56 Å². The van der Waals surface area contributed by atoms with Crippen molar-refractivity contribution in [1.82, 2.24) is 14.6 Å². The number of nitrogens with one attached hydrogen (secondary N) is 1. The maximum atomic E-state index is 15.3. The summed E-state index contributed by atoms with van der Waals surface area (Å²) in [4.78, 5) is 38.0. The van der Waals surface area contributed by atoms with Crippen molar-refractivity contribution in [3.63, 3.8) is 0 Å². The van der Waals surface area contributed by atoms with Gasteiger partial charge in [0, 0.05) is 31.7 Å². The number of carbonyl (C=O) groups excluding carboxylic acids is 1. The largest absolute Gasteiger partial charge is 0.492 e. The molecule has 168 valence electrons. The summed E-state index contributed by atoms with van der Waals surface area (Å²) in [6.45, 7) is 1.12. The van der Waals surface area contributed by atoms with Gasteiger partial charge >= 0.3 is 11.7 Å². The molecule has 2 atom stereocenters. The number of nitrogens with two attached hydrogens (primary N) is 3. The minimum Gasteiger partial charge on any atom is -0.492 e. The number of nitrogens with zero attached hydrogens (tertiary/aromatic N) is 3. The Labute approximate surface area is 176 Å². The molecule has 2 aromatic rings. The van der Waals surface area contributed by atoms with Crippen LogP contribution in [0.5, 0.6) is 5.75 Å². The first kappa shape index (κ1) is 21.0. The van der Waals surface area contributed by atoms with Gasteiger partial charge in [-0.1, -0.05) is 0 Å². The highest BCUT2D eigenvalue weighted by atomic mass is 19.1. The molecule has 1 aromatic heterocycles. The lowest BCUT2D eigenvalue weighted by molar-refractivity contribution is 0.247. The molecular weight excluding hydrogens is 409 g/mol. The summed E-state index contributed by atoms with van der Waals surface area (Å²) in [6, 6.07) is -0.0199. The molecule has 7 N–H and O–H groups in total. The predicted octanol–water partition coefficient (Wildman–Crippen LogP) is -0.818. The van der Waals surface area contributed by atoms with Crippen molar-refractivity contribution in [2.45, 2.75) is 31.3 Å². The summed E-state index contributed by atoms with van der Waals surface area (Å²) in [5.41, 5.74) is 10.3. The first-order valence-corrected chi connectivity index (χ1v) is 10.1. The van der Waals surface area contributed by atoms with Gasteiger partial charge in [-0.3, -0.25) is 9.36 Å². The number of fused-ring (bicyclic) bond motifs is 1. The zero-order valence-corrected chi connectivity index (χ0v) is 17.1. The van der Waals surface area contributed by atoms with Gasteiger partial charge in [0.1, 0.15) is 11.2 Å². The van der Waals surface area contributed by atoms with Crippen LogP contribution in [0, 0.1) is 11.7 Å². The SMILES string of the molecule is COc1c(N2CCC(C(N)CNC(N)=O)C2)c(F)cc2c(=O)n(N)c(=O)n(C3CC3)c12. The standard InChI is InChI=1S/C19H26FN7O4/c1-31-16-14-11(17(28)27(23)19(30)26(14)10-2-3-10)6-12(20)15(16)25-5-4-9(8-25)13(21)7-24-18(22)29/h6,9-10,13H,2-5,7-8,21,23H2,1H3,(H3,22,24,29). The average Bonchev–Trinajstić information content (AvgIpc) is 3.45. The molecule has 12 heteroatoms. The number of methoxy groups -OCH3 is 1. The number of nitrogen functional groups attached to an aromatic ring is 1. The van der Waals surface area contributed by atoms with Crippen molar-refractivity contribution < 1.29 is 13.9 Å². The third-order valence-corrected chi connectivity index (χ3v) is 6.06. The van der Waals surface area contributed by atoms with Gasteiger partial charge in [-0.05, 0) is 31.2 Å². The van der Waals surface area contributed by atoms with E-state index < -0.39 is 23.1 Å². The second kappa shape index (κ2) is 7.76. The van der Waals surface area contributed by atoms with Crippen molar-refractivity contribution in [3.8, 4) is 5.75 Å². The van der Waals surface area contributed by atoms with E-state index in [-0.39, 0.29) is 46.9 Å². The van der Waals surface area contributed by atoms with E-state index in [1.165, 1.54) is 11.7 Å². The fraction of sp³-hybridized carbons (Fsp3) is 0.526. The Balaban J connectivity index is 1.79. The lowest BCUT2D eigenvalue weighted by Crippen LogP contribution is -2.45. The molecule has 2 amide bonds. The Morgan fingerprint density at radius 2 is 2.06 bits per heavy atom. The molecule has 1 aliphatic heterocycles. The minimum atomic E-state index is -0.778. The minimum absolute atomic E-state index is 0.00907. The van der Waals surface area contributed by atoms with Crippen LogP contribution >= 0.6 is 0 Å². The number of amides is 2. The Hall–Kier alpha value is -3.28. The Kier molecular flexibility index (Phi) is 5.25. The molecule has 31 heavy (non-hydrogen) atoms. The van der Waals surface area contributed by atoms with E-state index in [0.29, 0.717) is 24.2 Å². The van der Waals surface area contributed by atoms with Gasteiger partial charge in [-0.2, -0.15) is 4.68 Å². The second-order valence-corrected chi connectivity index (χ2v) is 8.10. The van der Waals surface area contributed by atoms with Crippen LogP contribution < -0.4 is 43.5 Å². The quantitative estimate of drug-likeness (QED) is 0.431. The smallest absolute Gasteiger partial charge is 0.350 e. The molecule has 1 saturated carbocycles. The zero-order valence-electron chi connectivity index (χ0n) is 17.1. The molecular formula is C19H26FN7O4. The molecule has 2 aliphatic rings. The molecule has 1 saturated heterocycles. The number of primary amides is 1. The lowest BCUT2D eigenvalue weighted by atomic mass is 10.00. The number of ether oxygens (including phenoxy) is 1. The molecule has 1 aliphatic carbocycles. The molecule has 11 nitrogen and oxygen atoms in total. The molecule has 2 fully saturated rings. The van der Waals surface area contributed by atoms with E-state index in [1.807, 2.05) is 0 Å². The van der Waals surface area contributed by atoms with Crippen LogP contribution in [0.4, 0.5) is 14.9 Å². The van der Waals surface area contributed by atoms with E-state index in [2.05, 4.69) is 5.32 Å². The summed E-state index contributed by atoms with van der Waals surface area (Å²) in [7, 11) is 1.38. The lowest BCUT2D eigenvalue weighted by Gasteiger charge is -2.25. The zero-order chi connectivity index (χ0) is 22.4. The van der Waals surface area contributed by atoms with Crippen LogP contribution in [0.3, 0.4) is 0 Å². The molecule has 0 radical (unpaired) electrons. The molecule has 0 spiro atoms. The first-order valence-electron chi connectivity index (χ1n) is 10.1. The van der Waals surface area contributed by atoms with Gasteiger partial charge in [-0.25, -0.2) is 14.0 Å². The van der Waals surface area contributed by atoms with Crippen LogP contribution in [-0.4, -0.2) is 48.1 Å². The van der Waals surface area contributed by atoms with Gasteiger partial charge < -0.3 is 32.3 Å². The highest BCUT2D eigenvalue weighted by Gasteiger charge is 2.35. The topological polar surface area (TPSA) is 164 Å². The third kappa shape index (κ3) is 3.56. The van der Waals surface area contributed by atoms with Crippen molar-refractivity contribution in [2.24, 2.45) is 17.4 Å². The van der Waals surface area contributed by atoms with Gasteiger partial charge in [0.15, 0.2) is 11.6 Å². The number of benzene rings is 1. The number of urea groups is 1. The Bertz CT molecular complexity index is 1160.